The molecule has 0 bridgehead atoms. The number of likely N-dealkylation sites (tertiary alicyclic amines) is 1. The maximum Gasteiger partial charge on any atom is 0.410 e. The maximum atomic E-state index is 13.3. The standard InChI is InChI=1S/C24H29N5O5/c1-3-4-13-34-24(32)29-12-11-19(27-28-25)21(29)22(30)26-20(23(31)33-2)15-16-9-10-17-7-5-6-8-18(17)14-16/h5-10,14,19-21H,3-4,11-13,15H2,1-2H3,(H,26,30)/t19-,20+,21+/m1/s1. The van der Waals surface area contributed by atoms with Crippen molar-refractivity contribution in [2.75, 3.05) is 20.3 Å². The second kappa shape index (κ2) is 11.9. The number of amides is 2. The summed E-state index contributed by atoms with van der Waals surface area (Å²) in [6.45, 7) is 2.42. The Balaban J connectivity index is 1.79. The minimum atomic E-state index is -1.08. The highest BCUT2D eigenvalue weighted by molar-refractivity contribution is 5.91. The van der Waals surface area contributed by atoms with Crippen LogP contribution in [0.25, 0.3) is 21.2 Å². The predicted octanol–water partition coefficient (Wildman–Crippen LogP) is 3.73. The largest absolute Gasteiger partial charge is 0.467 e. The summed E-state index contributed by atoms with van der Waals surface area (Å²) in [6.07, 6.45) is 1.43. The lowest BCUT2D eigenvalue weighted by Crippen LogP contribution is -2.54. The molecule has 0 aliphatic carbocycles. The van der Waals surface area contributed by atoms with Crippen molar-refractivity contribution in [3.8, 4) is 0 Å². The molecule has 0 spiro atoms. The van der Waals surface area contributed by atoms with Crippen molar-refractivity contribution in [3.05, 3.63) is 58.5 Å². The van der Waals surface area contributed by atoms with Crippen LogP contribution in [0.5, 0.6) is 0 Å². The molecule has 1 aliphatic heterocycles. The lowest BCUT2D eigenvalue weighted by Gasteiger charge is -2.27. The number of nitrogens with zero attached hydrogens (tertiary/aromatic N) is 4. The molecule has 2 amide bonds. The van der Waals surface area contributed by atoms with Crippen LogP contribution in [0.3, 0.4) is 0 Å². The molecule has 1 heterocycles. The second-order valence-corrected chi connectivity index (χ2v) is 8.14. The van der Waals surface area contributed by atoms with Gasteiger partial charge in [0.1, 0.15) is 12.1 Å². The van der Waals surface area contributed by atoms with E-state index in [1.165, 1.54) is 12.0 Å². The molecule has 2 aromatic rings. The van der Waals surface area contributed by atoms with E-state index in [0.29, 0.717) is 12.8 Å². The zero-order valence-corrected chi connectivity index (χ0v) is 19.3. The summed E-state index contributed by atoms with van der Waals surface area (Å²) in [6, 6.07) is 10.8. The molecule has 2 aromatic carbocycles. The van der Waals surface area contributed by atoms with E-state index in [4.69, 9.17) is 15.0 Å². The Hall–Kier alpha value is -3.78. The molecule has 10 nitrogen and oxygen atoms in total. The fourth-order valence-electron chi connectivity index (χ4n) is 4.07. The lowest BCUT2D eigenvalue weighted by molar-refractivity contribution is -0.145. The van der Waals surface area contributed by atoms with Crippen molar-refractivity contribution < 1.29 is 23.9 Å². The molecule has 10 heteroatoms. The Morgan fingerprint density at radius 3 is 2.71 bits per heavy atom. The van der Waals surface area contributed by atoms with E-state index < -0.39 is 36.1 Å². The third-order valence-electron chi connectivity index (χ3n) is 5.85. The number of benzene rings is 2. The second-order valence-electron chi connectivity index (χ2n) is 8.14. The Kier molecular flexibility index (Phi) is 8.70. The highest BCUT2D eigenvalue weighted by atomic mass is 16.6. The minimum absolute atomic E-state index is 0.198. The Morgan fingerprint density at radius 2 is 2.00 bits per heavy atom. The van der Waals surface area contributed by atoms with Crippen molar-refractivity contribution in [1.82, 2.24) is 10.2 Å². The monoisotopic (exact) mass is 467 g/mol. The van der Waals surface area contributed by atoms with Gasteiger partial charge in [-0.05, 0) is 34.7 Å². The fraction of sp³-hybridized carbons (Fsp3) is 0.458. The van der Waals surface area contributed by atoms with Crippen molar-refractivity contribution in [3.63, 3.8) is 0 Å². The Morgan fingerprint density at radius 1 is 1.24 bits per heavy atom. The Labute approximate surface area is 197 Å². The van der Waals surface area contributed by atoms with E-state index in [1.54, 1.807) is 0 Å². The number of hydrogen-bond donors (Lipinski definition) is 1. The number of carbonyl (C=O) groups excluding carboxylic acids is 3. The molecule has 1 N–H and O–H groups in total. The van der Waals surface area contributed by atoms with E-state index in [9.17, 15) is 14.4 Å². The van der Waals surface area contributed by atoms with Crippen LogP contribution in [0.2, 0.25) is 0 Å². The molecule has 0 saturated carbocycles. The summed E-state index contributed by atoms with van der Waals surface area (Å²) in [5.74, 6) is -1.21. The van der Waals surface area contributed by atoms with Gasteiger partial charge in [-0.2, -0.15) is 0 Å². The molecule has 0 aromatic heterocycles. The van der Waals surface area contributed by atoms with Gasteiger partial charge in [0.05, 0.1) is 19.8 Å². The number of ether oxygens (including phenoxy) is 2. The zero-order valence-electron chi connectivity index (χ0n) is 19.3. The first-order chi connectivity index (χ1) is 16.5. The van der Waals surface area contributed by atoms with Gasteiger partial charge in [0.25, 0.3) is 0 Å². The van der Waals surface area contributed by atoms with E-state index in [1.807, 2.05) is 49.4 Å². The third-order valence-corrected chi connectivity index (χ3v) is 5.85. The smallest absolute Gasteiger partial charge is 0.410 e. The third kappa shape index (κ3) is 5.96. The van der Waals surface area contributed by atoms with E-state index in [0.717, 1.165) is 22.8 Å². The summed E-state index contributed by atoms with van der Waals surface area (Å²) in [4.78, 5) is 42.4. The molecule has 34 heavy (non-hydrogen) atoms. The number of unbranched alkanes of at least 4 members (excludes halogenated alkanes) is 1. The van der Waals surface area contributed by atoms with E-state index in [2.05, 4.69) is 15.3 Å². The number of rotatable bonds is 9. The molecule has 0 unspecified atom stereocenters. The van der Waals surface area contributed by atoms with Gasteiger partial charge in [0.2, 0.25) is 5.91 Å². The summed E-state index contributed by atoms with van der Waals surface area (Å²) in [5, 5.41) is 8.47. The number of azide groups is 1. The van der Waals surface area contributed by atoms with Gasteiger partial charge < -0.3 is 14.8 Å². The number of methoxy groups -OCH3 is 1. The molecule has 1 aliphatic rings. The van der Waals surface area contributed by atoms with Crippen LogP contribution in [-0.2, 0) is 25.5 Å². The van der Waals surface area contributed by atoms with Crippen LogP contribution in [0.15, 0.2) is 47.6 Å². The highest BCUT2D eigenvalue weighted by Crippen LogP contribution is 2.23. The van der Waals surface area contributed by atoms with Crippen LogP contribution < -0.4 is 5.32 Å². The van der Waals surface area contributed by atoms with Gasteiger partial charge in [0, 0.05) is 17.9 Å². The molecule has 0 radical (unpaired) electrons. The van der Waals surface area contributed by atoms with Gasteiger partial charge in [-0.25, -0.2) is 9.59 Å². The van der Waals surface area contributed by atoms with Crippen LogP contribution in [0.4, 0.5) is 4.79 Å². The number of fused-ring (bicyclic) bond motifs is 1. The zero-order chi connectivity index (χ0) is 24.5. The van der Waals surface area contributed by atoms with Crippen LogP contribution in [0.1, 0.15) is 31.7 Å². The molecule has 1 fully saturated rings. The Bertz CT molecular complexity index is 1080. The van der Waals surface area contributed by atoms with E-state index in [-0.39, 0.29) is 19.6 Å². The van der Waals surface area contributed by atoms with Gasteiger partial charge >= 0.3 is 12.1 Å². The van der Waals surface area contributed by atoms with Crippen LogP contribution in [0, 0.1) is 0 Å². The molecule has 1 saturated heterocycles. The quantitative estimate of drug-likeness (QED) is 0.197. The number of esters is 1. The molecular weight excluding hydrogens is 438 g/mol. The summed E-state index contributed by atoms with van der Waals surface area (Å²) in [5.41, 5.74) is 9.77. The van der Waals surface area contributed by atoms with Crippen LogP contribution >= 0.6 is 0 Å². The average Bonchev–Trinajstić information content (AvgIpc) is 3.27. The summed E-state index contributed by atoms with van der Waals surface area (Å²) in [7, 11) is 1.25. The summed E-state index contributed by atoms with van der Waals surface area (Å²) >= 11 is 0. The first-order valence-corrected chi connectivity index (χ1v) is 11.3. The van der Waals surface area contributed by atoms with Crippen LogP contribution in [-0.4, -0.2) is 61.3 Å². The maximum absolute atomic E-state index is 13.3. The first-order valence-electron chi connectivity index (χ1n) is 11.3. The fourth-order valence-corrected chi connectivity index (χ4v) is 4.07. The number of nitrogens with one attached hydrogen (secondary N) is 1. The molecule has 3 rings (SSSR count). The minimum Gasteiger partial charge on any atom is -0.467 e. The molecule has 3 atom stereocenters. The number of carbonyl (C=O) groups is 3. The van der Waals surface area contributed by atoms with Crippen molar-refractivity contribution >= 4 is 28.7 Å². The number of hydrogen-bond acceptors (Lipinski definition) is 6. The highest BCUT2D eigenvalue weighted by Gasteiger charge is 2.43. The van der Waals surface area contributed by atoms with Gasteiger partial charge in [-0.3, -0.25) is 9.69 Å². The van der Waals surface area contributed by atoms with E-state index >= 15 is 0 Å². The van der Waals surface area contributed by atoms with Gasteiger partial charge in [0.15, 0.2) is 0 Å². The lowest BCUT2D eigenvalue weighted by atomic mass is 10.0. The topological polar surface area (TPSA) is 134 Å². The average molecular weight is 468 g/mol. The van der Waals surface area contributed by atoms with Gasteiger partial charge in [-0.15, -0.1) is 0 Å². The molecule has 180 valence electrons. The molecular formula is C24H29N5O5. The first kappa shape index (κ1) is 24.9. The van der Waals surface area contributed by atoms with Crippen molar-refractivity contribution in [1.29, 1.82) is 0 Å². The van der Waals surface area contributed by atoms with Crippen molar-refractivity contribution in [2.45, 2.75) is 50.7 Å². The summed E-state index contributed by atoms with van der Waals surface area (Å²) < 4.78 is 10.2. The van der Waals surface area contributed by atoms with Gasteiger partial charge in [-0.1, -0.05) is 60.9 Å². The predicted molar refractivity (Wildman–Crippen MR) is 126 cm³/mol. The normalized spacial score (nSPS) is 18.1. The SMILES string of the molecule is CCCCOC(=O)N1CC[C@@H](N=[N+]=[N-])[C@H]1C(=O)N[C@@H](Cc1ccc2ccccc2c1)C(=O)OC. The van der Waals surface area contributed by atoms with Crippen molar-refractivity contribution in [2.24, 2.45) is 5.11 Å².